The topological polar surface area (TPSA) is 339 Å². The van der Waals surface area contributed by atoms with Gasteiger partial charge in [-0.1, -0.05) is 24.3 Å². The second kappa shape index (κ2) is 16.0. The van der Waals surface area contributed by atoms with Gasteiger partial charge in [-0.15, -0.1) is 0 Å². The molecule has 0 bridgehead atoms. The first-order chi connectivity index (χ1) is 31.0. The molecule has 0 aliphatic carbocycles. The number of carbonyl (C=O) groups excluding carboxylic acids is 4. The average molecular weight is 882 g/mol. The van der Waals surface area contributed by atoms with Gasteiger partial charge in [0.05, 0.1) is 75.7 Å². The van der Waals surface area contributed by atoms with E-state index in [0.717, 1.165) is 48.5 Å². The second-order valence-electron chi connectivity index (χ2n) is 13.8. The maximum atomic E-state index is 14.2. The van der Waals surface area contributed by atoms with Crippen LogP contribution in [0.15, 0.2) is 115 Å². The normalized spacial score (nSPS) is 12.7. The molecular formula is C40H23N11O14. The number of anilines is 8. The summed E-state index contributed by atoms with van der Waals surface area (Å²) in [7, 11) is 0. The van der Waals surface area contributed by atoms with Crippen molar-refractivity contribution in [3.8, 4) is 0 Å². The number of nitrogens with one attached hydrogen (secondary N) is 4. The van der Waals surface area contributed by atoms with E-state index < -0.39 is 93.2 Å². The van der Waals surface area contributed by atoms with Crippen LogP contribution in [0.1, 0.15) is 41.4 Å². The molecule has 2 aliphatic heterocycles. The first kappa shape index (κ1) is 41.5. The lowest BCUT2D eigenvalue weighted by atomic mass is 10.1. The summed E-state index contributed by atoms with van der Waals surface area (Å²) in [6.07, 6.45) is 0. The molecule has 25 nitrogen and oxygen atoms in total. The molecule has 65 heavy (non-hydrogen) atoms. The van der Waals surface area contributed by atoms with Crippen molar-refractivity contribution < 1.29 is 43.8 Å². The number of fused-ring (bicyclic) bond motifs is 2. The number of benzene rings is 6. The van der Waals surface area contributed by atoms with Crippen LogP contribution in [0, 0.1) is 50.6 Å². The average Bonchev–Trinajstić information content (AvgIpc) is 3.65. The van der Waals surface area contributed by atoms with E-state index in [1.807, 2.05) is 0 Å². The summed E-state index contributed by atoms with van der Waals surface area (Å²) in [5, 5.41) is 70.3. The lowest BCUT2D eigenvalue weighted by Gasteiger charge is -2.23. The molecule has 8 rings (SSSR count). The molecule has 0 fully saturated rings. The Morgan fingerprint density at radius 2 is 0.677 bits per heavy atom. The number of amides is 4. The molecule has 6 aromatic rings. The van der Waals surface area contributed by atoms with Gasteiger partial charge in [-0.05, 0) is 54.6 Å². The van der Waals surface area contributed by atoms with Crippen molar-refractivity contribution >= 4 is 97.6 Å². The van der Waals surface area contributed by atoms with Gasteiger partial charge in [0.25, 0.3) is 52.1 Å². The van der Waals surface area contributed by atoms with Crippen LogP contribution in [0.5, 0.6) is 0 Å². The summed E-state index contributed by atoms with van der Waals surface area (Å²) in [6.45, 7) is 0. The van der Waals surface area contributed by atoms with Gasteiger partial charge < -0.3 is 21.3 Å². The molecule has 322 valence electrons. The van der Waals surface area contributed by atoms with E-state index in [4.69, 9.17) is 0 Å². The lowest BCUT2D eigenvalue weighted by Crippen LogP contribution is -2.49. The van der Waals surface area contributed by atoms with Crippen molar-refractivity contribution in [1.29, 1.82) is 0 Å². The Labute approximate surface area is 360 Å². The molecule has 25 heteroatoms. The number of non-ortho nitro benzene ring substituents is 2. The highest BCUT2D eigenvalue weighted by Gasteiger charge is 2.49. The van der Waals surface area contributed by atoms with E-state index in [9.17, 15) is 69.7 Å². The number of nitro benzene ring substituents is 5. The lowest BCUT2D eigenvalue weighted by molar-refractivity contribution is -0.393. The number of para-hydroxylation sites is 4. The Morgan fingerprint density at radius 3 is 1.05 bits per heavy atom. The minimum atomic E-state index is -1.22. The summed E-state index contributed by atoms with van der Waals surface area (Å²) >= 11 is 0. The van der Waals surface area contributed by atoms with Crippen molar-refractivity contribution in [2.24, 2.45) is 0 Å². The Morgan fingerprint density at radius 1 is 0.338 bits per heavy atom. The molecule has 2 heterocycles. The number of carbonyl (C=O) groups is 4. The fourth-order valence-electron chi connectivity index (χ4n) is 6.95. The van der Waals surface area contributed by atoms with Crippen LogP contribution >= 0.6 is 0 Å². The van der Waals surface area contributed by atoms with E-state index in [-0.39, 0.29) is 61.2 Å². The summed E-state index contributed by atoms with van der Waals surface area (Å²) in [4.78, 5) is 112. The summed E-state index contributed by atoms with van der Waals surface area (Å²) in [6, 6.07) is 22.7. The van der Waals surface area contributed by atoms with Crippen LogP contribution in [0.25, 0.3) is 0 Å². The zero-order valence-corrected chi connectivity index (χ0v) is 32.3. The molecule has 0 spiro atoms. The van der Waals surface area contributed by atoms with Crippen molar-refractivity contribution in [2.45, 2.75) is 0 Å². The van der Waals surface area contributed by atoms with Crippen molar-refractivity contribution in [1.82, 2.24) is 10.0 Å². The number of imide groups is 2. The number of nitro groups is 5. The van der Waals surface area contributed by atoms with Gasteiger partial charge in [0.2, 0.25) is 0 Å². The highest BCUT2D eigenvalue weighted by molar-refractivity contribution is 6.29. The molecule has 0 aromatic heterocycles. The van der Waals surface area contributed by atoms with E-state index in [2.05, 4.69) is 21.3 Å². The van der Waals surface area contributed by atoms with Gasteiger partial charge in [-0.3, -0.25) is 69.7 Å². The number of rotatable bonds is 14. The minimum Gasteiger partial charge on any atom is -0.354 e. The minimum absolute atomic E-state index is 0.0768. The van der Waals surface area contributed by atoms with Crippen LogP contribution in [-0.4, -0.2) is 58.3 Å². The zero-order chi connectivity index (χ0) is 46.4. The molecule has 4 amide bonds. The molecule has 4 N–H and O–H groups in total. The number of hydrogen-bond donors (Lipinski definition) is 4. The molecule has 6 aromatic carbocycles. The van der Waals surface area contributed by atoms with Crippen molar-refractivity contribution in [3.63, 3.8) is 0 Å². The maximum absolute atomic E-state index is 14.2. The standard InChI is InChI=1S/C40H23N11O14/c52-37-23-16-30(41-20-9-11-21(12-10-20)47(56)57)31(44-29-14-13-22(48(58)59)15-36(29)51(64)65)17-24(23)38(53)45(37)46-39(54)25-18-32(42-27-5-1-3-7-34(27)49(60)61)33(19-26(25)40(46)55)43-28-6-2-4-8-35(28)50(62)63/h1-19,41-44H. The van der Waals surface area contributed by atoms with E-state index in [1.54, 1.807) is 0 Å². The van der Waals surface area contributed by atoms with Crippen molar-refractivity contribution in [2.75, 3.05) is 21.3 Å². The van der Waals surface area contributed by atoms with Gasteiger partial charge in [0.1, 0.15) is 17.1 Å². The first-order valence-electron chi connectivity index (χ1n) is 18.4. The molecule has 0 unspecified atom stereocenters. The Balaban J connectivity index is 1.20. The maximum Gasteiger partial charge on any atom is 0.299 e. The summed E-state index contributed by atoms with van der Waals surface area (Å²) < 4.78 is 0. The summed E-state index contributed by atoms with van der Waals surface area (Å²) in [5.74, 6) is -4.83. The third kappa shape index (κ3) is 7.49. The Hall–Kier alpha value is -10.2. The summed E-state index contributed by atoms with van der Waals surface area (Å²) in [5.41, 5.74) is -4.80. The van der Waals surface area contributed by atoms with Crippen LogP contribution in [0.3, 0.4) is 0 Å². The van der Waals surface area contributed by atoms with Gasteiger partial charge in [0.15, 0.2) is 0 Å². The molecule has 2 aliphatic rings. The fourth-order valence-corrected chi connectivity index (χ4v) is 6.95. The van der Waals surface area contributed by atoms with Crippen LogP contribution < -0.4 is 21.3 Å². The fraction of sp³-hybridized carbons (Fsp3) is 0. The van der Waals surface area contributed by atoms with E-state index >= 15 is 0 Å². The largest absolute Gasteiger partial charge is 0.354 e. The monoisotopic (exact) mass is 881 g/mol. The van der Waals surface area contributed by atoms with E-state index in [1.165, 1.54) is 60.7 Å². The molecule has 0 saturated carbocycles. The number of hydrazine groups is 1. The second-order valence-corrected chi connectivity index (χ2v) is 13.8. The van der Waals surface area contributed by atoms with Gasteiger partial charge in [-0.25, -0.2) is 0 Å². The highest BCUT2D eigenvalue weighted by atomic mass is 16.6. The highest BCUT2D eigenvalue weighted by Crippen LogP contribution is 2.43. The zero-order valence-electron chi connectivity index (χ0n) is 32.3. The SMILES string of the molecule is O=C1c2cc(Nc3ccc([N+](=O)[O-])cc3)c(Nc3ccc([N+](=O)[O-])cc3[N+](=O)[O-])cc2C(=O)N1N1C(=O)c2cc(Nc3ccccc3[N+](=O)[O-])c(Nc3ccccc3[N+](=O)[O-])cc2C1=O. The molecule has 0 atom stereocenters. The Kier molecular flexibility index (Phi) is 10.2. The van der Waals surface area contributed by atoms with E-state index in [0.29, 0.717) is 6.07 Å². The quantitative estimate of drug-likeness (QED) is 0.0457. The third-order valence-electron chi connectivity index (χ3n) is 9.96. The molecule has 0 radical (unpaired) electrons. The molecule has 0 saturated heterocycles. The first-order valence-corrected chi connectivity index (χ1v) is 18.4. The van der Waals surface area contributed by atoms with Gasteiger partial charge in [0, 0.05) is 36.0 Å². The van der Waals surface area contributed by atoms with Crippen LogP contribution in [0.2, 0.25) is 0 Å². The van der Waals surface area contributed by atoms with Crippen LogP contribution in [0.4, 0.5) is 73.9 Å². The predicted molar refractivity (Wildman–Crippen MR) is 226 cm³/mol. The van der Waals surface area contributed by atoms with Gasteiger partial charge in [-0.2, -0.15) is 10.0 Å². The third-order valence-corrected chi connectivity index (χ3v) is 9.96. The molecular weight excluding hydrogens is 859 g/mol. The van der Waals surface area contributed by atoms with Crippen molar-refractivity contribution in [3.05, 3.63) is 188 Å². The predicted octanol–water partition coefficient (Wildman–Crippen LogP) is 8.01. The Bertz CT molecular complexity index is 3060. The smallest absolute Gasteiger partial charge is 0.299 e. The number of nitrogens with zero attached hydrogens (tertiary/aromatic N) is 7. The van der Waals surface area contributed by atoms with Crippen LogP contribution in [-0.2, 0) is 0 Å². The number of hydrogen-bond acceptors (Lipinski definition) is 18. The van der Waals surface area contributed by atoms with Gasteiger partial charge >= 0.3 is 0 Å².